The minimum atomic E-state index is -2.27. The zero-order valence-electron chi connectivity index (χ0n) is 29.7. The fourth-order valence-electron chi connectivity index (χ4n) is 5.93. The second kappa shape index (κ2) is 15.3. The van der Waals surface area contributed by atoms with Gasteiger partial charge in [-0.25, -0.2) is 9.59 Å². The molecule has 0 bridgehead atoms. The second-order valence-electron chi connectivity index (χ2n) is 14.5. The van der Waals surface area contributed by atoms with Crippen LogP contribution in [0.4, 0.5) is 0 Å². The number of hydrogen-bond acceptors (Lipinski definition) is 9. The molecule has 1 saturated heterocycles. The first-order valence-corrected chi connectivity index (χ1v) is 16.8. The van der Waals surface area contributed by atoms with Gasteiger partial charge >= 0.3 is 17.9 Å². The van der Waals surface area contributed by atoms with E-state index in [1.807, 2.05) is 30.3 Å². The normalized spacial score (nSPS) is 16.9. The van der Waals surface area contributed by atoms with Crippen LogP contribution in [0.15, 0.2) is 73.1 Å². The van der Waals surface area contributed by atoms with Gasteiger partial charge in [-0.05, 0) is 96.0 Å². The van der Waals surface area contributed by atoms with E-state index in [1.54, 1.807) is 84.0 Å². The summed E-state index contributed by atoms with van der Waals surface area (Å²) in [5.74, 6) is -3.66. The van der Waals surface area contributed by atoms with Crippen LogP contribution in [0.25, 0.3) is 0 Å². The monoisotopic (exact) mass is 671 g/mol. The zero-order valence-corrected chi connectivity index (χ0v) is 29.7. The molecule has 0 unspecified atom stereocenters. The summed E-state index contributed by atoms with van der Waals surface area (Å²) in [6.07, 6.45) is 5.30. The molecule has 1 aliphatic heterocycles. The molecule has 10 nitrogen and oxygen atoms in total. The smallest absolute Gasteiger partial charge is 0.343 e. The number of carbonyl (C=O) groups is 4. The number of nitrogens with two attached hydrogens (primary N) is 1. The predicted molar refractivity (Wildman–Crippen MR) is 185 cm³/mol. The van der Waals surface area contributed by atoms with Crippen LogP contribution in [0.5, 0.6) is 0 Å². The van der Waals surface area contributed by atoms with Crippen LogP contribution < -0.4 is 5.73 Å². The first-order valence-electron chi connectivity index (χ1n) is 16.8. The Bertz CT molecular complexity index is 1610. The van der Waals surface area contributed by atoms with E-state index >= 15 is 0 Å². The van der Waals surface area contributed by atoms with E-state index in [-0.39, 0.29) is 30.5 Å². The Kier molecular flexibility index (Phi) is 11.7. The highest BCUT2D eigenvalue weighted by Crippen LogP contribution is 2.37. The number of carbonyl (C=O) groups excluding carboxylic acids is 4. The number of aryl methyl sites for hydroxylation is 2. The minimum Gasteiger partial charge on any atom is -0.466 e. The average Bonchev–Trinajstić information content (AvgIpc) is 3.05. The Labute approximate surface area is 289 Å². The fraction of sp³-hybridized carbons (Fsp3) is 0.462. The fourth-order valence-corrected chi connectivity index (χ4v) is 5.93. The third-order valence-electron chi connectivity index (χ3n) is 8.29. The highest BCUT2D eigenvalue weighted by molar-refractivity contribution is 6.06. The molecule has 2 atom stereocenters. The summed E-state index contributed by atoms with van der Waals surface area (Å²) >= 11 is 0. The molecule has 0 spiro atoms. The van der Waals surface area contributed by atoms with E-state index in [2.05, 4.69) is 17.1 Å². The van der Waals surface area contributed by atoms with Gasteiger partial charge in [0, 0.05) is 31.4 Å². The lowest BCUT2D eigenvalue weighted by Crippen LogP contribution is -2.56. The molecule has 3 aromatic rings. The van der Waals surface area contributed by atoms with Crippen LogP contribution in [-0.4, -0.2) is 64.6 Å². The summed E-state index contributed by atoms with van der Waals surface area (Å²) in [5.41, 5.74) is 5.99. The summed E-state index contributed by atoms with van der Waals surface area (Å²) in [5, 5.41) is 0. The Morgan fingerprint density at radius 2 is 1.47 bits per heavy atom. The van der Waals surface area contributed by atoms with E-state index in [0.29, 0.717) is 24.1 Å². The number of amides is 1. The number of pyridine rings is 1. The van der Waals surface area contributed by atoms with Crippen LogP contribution in [0, 0.1) is 5.92 Å². The van der Waals surface area contributed by atoms with Crippen LogP contribution in [-0.2, 0) is 47.0 Å². The molecule has 1 fully saturated rings. The maximum Gasteiger partial charge on any atom is 0.343 e. The van der Waals surface area contributed by atoms with Gasteiger partial charge in [0.15, 0.2) is 0 Å². The first kappa shape index (κ1) is 37.3. The van der Waals surface area contributed by atoms with Gasteiger partial charge in [0.1, 0.15) is 11.2 Å². The maximum atomic E-state index is 13.8. The number of esters is 3. The van der Waals surface area contributed by atoms with Crippen molar-refractivity contribution in [1.82, 2.24) is 9.88 Å². The molecule has 4 rings (SSSR count). The van der Waals surface area contributed by atoms with E-state index < -0.39 is 40.6 Å². The lowest BCUT2D eigenvalue weighted by molar-refractivity contribution is -0.177. The Hall–Kier alpha value is -4.57. The number of aromatic nitrogens is 1. The summed E-state index contributed by atoms with van der Waals surface area (Å²) in [7, 11) is 0. The molecule has 2 N–H and O–H groups in total. The second-order valence-corrected chi connectivity index (χ2v) is 14.5. The number of nitrogens with zero attached hydrogens (tertiary/aromatic N) is 2. The first-order chi connectivity index (χ1) is 23.0. The highest BCUT2D eigenvalue weighted by atomic mass is 16.6. The van der Waals surface area contributed by atoms with Crippen molar-refractivity contribution in [3.05, 3.63) is 101 Å². The van der Waals surface area contributed by atoms with Gasteiger partial charge in [0.2, 0.25) is 5.54 Å². The van der Waals surface area contributed by atoms with Crippen molar-refractivity contribution >= 4 is 23.8 Å². The Balaban J connectivity index is 1.61. The third kappa shape index (κ3) is 9.53. The van der Waals surface area contributed by atoms with Crippen molar-refractivity contribution in [3.63, 3.8) is 0 Å². The van der Waals surface area contributed by atoms with Crippen LogP contribution >= 0.6 is 0 Å². The predicted octanol–water partition coefficient (Wildman–Crippen LogP) is 5.51. The van der Waals surface area contributed by atoms with Gasteiger partial charge in [-0.3, -0.25) is 14.6 Å². The Morgan fingerprint density at radius 1 is 0.837 bits per heavy atom. The summed E-state index contributed by atoms with van der Waals surface area (Å²) in [6, 6.07) is 18.7. The van der Waals surface area contributed by atoms with Gasteiger partial charge in [0.25, 0.3) is 5.91 Å². The van der Waals surface area contributed by atoms with Crippen molar-refractivity contribution in [2.24, 2.45) is 11.7 Å². The van der Waals surface area contributed by atoms with Gasteiger partial charge in [-0.15, -0.1) is 0 Å². The summed E-state index contributed by atoms with van der Waals surface area (Å²) in [6.45, 7) is 12.5. The lowest BCUT2D eigenvalue weighted by Gasteiger charge is -2.38. The maximum absolute atomic E-state index is 13.8. The van der Waals surface area contributed by atoms with Crippen molar-refractivity contribution < 1.29 is 33.4 Å². The standard InChI is InChI=1S/C39H49N3O7/c1-8-47-34(44)32-25-42(33(43)29-21-27(23-41-24-29)18-17-26-13-10-9-11-14-26)20-19-31(32)28-15-12-16-30(22-28)39(40,35(45)48-37(2,3)4)36(46)49-38(5,6)7/h9-16,21-24,31-32H,8,17-20,25,40H2,1-7H3/t31-,32-/m0/s1. The molecule has 1 amide bonds. The van der Waals surface area contributed by atoms with Crippen molar-refractivity contribution in [2.75, 3.05) is 19.7 Å². The van der Waals surface area contributed by atoms with Crippen molar-refractivity contribution in [2.45, 2.75) is 90.4 Å². The number of likely N-dealkylation sites (tertiary alicyclic amines) is 1. The van der Waals surface area contributed by atoms with E-state index in [0.717, 1.165) is 18.4 Å². The molecule has 1 aliphatic rings. The van der Waals surface area contributed by atoms with Crippen LogP contribution in [0.3, 0.4) is 0 Å². The van der Waals surface area contributed by atoms with E-state index in [1.165, 1.54) is 5.56 Å². The molecular formula is C39H49N3O7. The average molecular weight is 672 g/mol. The minimum absolute atomic E-state index is 0.118. The molecule has 2 aromatic carbocycles. The molecule has 2 heterocycles. The third-order valence-corrected chi connectivity index (χ3v) is 8.29. The largest absolute Gasteiger partial charge is 0.466 e. The number of piperidine rings is 1. The number of ether oxygens (including phenoxy) is 3. The number of hydrogen-bond donors (Lipinski definition) is 1. The molecule has 1 aromatic heterocycles. The number of benzene rings is 2. The lowest BCUT2D eigenvalue weighted by atomic mass is 9.78. The molecule has 0 saturated carbocycles. The van der Waals surface area contributed by atoms with Crippen LogP contribution in [0.2, 0.25) is 0 Å². The van der Waals surface area contributed by atoms with E-state index in [9.17, 15) is 19.2 Å². The molecule has 10 heteroatoms. The van der Waals surface area contributed by atoms with Gasteiger partial charge < -0.3 is 24.8 Å². The van der Waals surface area contributed by atoms with Crippen LogP contribution in [0.1, 0.15) is 93.4 Å². The molecule has 262 valence electrons. The quantitative estimate of drug-likeness (QED) is 0.168. The van der Waals surface area contributed by atoms with E-state index in [4.69, 9.17) is 19.9 Å². The molecule has 0 aliphatic carbocycles. The van der Waals surface area contributed by atoms with Gasteiger partial charge in [0.05, 0.1) is 18.1 Å². The molecular weight excluding hydrogens is 622 g/mol. The van der Waals surface area contributed by atoms with Gasteiger partial charge in [-0.1, -0.05) is 54.6 Å². The molecule has 0 radical (unpaired) electrons. The van der Waals surface area contributed by atoms with Crippen molar-refractivity contribution in [1.29, 1.82) is 0 Å². The summed E-state index contributed by atoms with van der Waals surface area (Å²) in [4.78, 5) is 60.3. The molecule has 49 heavy (non-hydrogen) atoms. The zero-order chi connectivity index (χ0) is 36.0. The highest BCUT2D eigenvalue weighted by Gasteiger charge is 2.50. The SMILES string of the molecule is CCOC(=O)[C@H]1CN(C(=O)c2cncc(CCc3ccccc3)c2)CC[C@H]1c1cccc(C(N)(C(=O)OC(C)(C)C)C(=O)OC(C)(C)C)c1. The van der Waals surface area contributed by atoms with Gasteiger partial charge in [-0.2, -0.15) is 0 Å². The Morgan fingerprint density at radius 3 is 2.08 bits per heavy atom. The summed E-state index contributed by atoms with van der Waals surface area (Å²) < 4.78 is 16.7. The van der Waals surface area contributed by atoms with Crippen molar-refractivity contribution in [3.8, 4) is 0 Å². The number of rotatable bonds is 10. The topological polar surface area (TPSA) is 138 Å².